The summed E-state index contributed by atoms with van der Waals surface area (Å²) in [5, 5.41) is 3.66. The largest absolute Gasteiger partial charge is 0.354 e. The zero-order valence-corrected chi connectivity index (χ0v) is 13.3. The standard InChI is InChI=1S/C15H24ClN3O/c1-10(11(2)17)15(20)18-9-14(19(3)4)12-7-5-6-8-13(12)16/h5-8,10-11,14H,9,17H2,1-4H3,(H,18,20). The molecule has 3 N–H and O–H groups in total. The summed E-state index contributed by atoms with van der Waals surface area (Å²) in [6.07, 6.45) is 0. The molecule has 0 aliphatic heterocycles. The number of rotatable bonds is 6. The van der Waals surface area contributed by atoms with Gasteiger partial charge < -0.3 is 16.0 Å². The fourth-order valence-electron chi connectivity index (χ4n) is 1.91. The Bertz CT molecular complexity index is 448. The Morgan fingerprint density at radius 2 is 1.95 bits per heavy atom. The smallest absolute Gasteiger partial charge is 0.224 e. The van der Waals surface area contributed by atoms with Crippen molar-refractivity contribution in [2.24, 2.45) is 11.7 Å². The van der Waals surface area contributed by atoms with Gasteiger partial charge in [0.15, 0.2) is 0 Å². The van der Waals surface area contributed by atoms with E-state index in [1.54, 1.807) is 0 Å². The summed E-state index contributed by atoms with van der Waals surface area (Å²) in [6.45, 7) is 4.18. The van der Waals surface area contributed by atoms with Crippen LogP contribution in [0, 0.1) is 5.92 Å². The van der Waals surface area contributed by atoms with E-state index >= 15 is 0 Å². The lowest BCUT2D eigenvalue weighted by Crippen LogP contribution is -2.42. The van der Waals surface area contributed by atoms with Crippen LogP contribution in [0.2, 0.25) is 5.02 Å². The zero-order chi connectivity index (χ0) is 15.3. The zero-order valence-electron chi connectivity index (χ0n) is 12.6. The molecular weight excluding hydrogens is 274 g/mol. The van der Waals surface area contributed by atoms with Crippen molar-refractivity contribution in [2.75, 3.05) is 20.6 Å². The molecule has 1 rings (SSSR count). The van der Waals surface area contributed by atoms with Crippen LogP contribution in [0.15, 0.2) is 24.3 Å². The van der Waals surface area contributed by atoms with Crippen LogP contribution < -0.4 is 11.1 Å². The van der Waals surface area contributed by atoms with E-state index in [1.807, 2.05) is 57.1 Å². The SMILES string of the molecule is CC(N)C(C)C(=O)NCC(c1ccccc1Cl)N(C)C. The number of nitrogens with one attached hydrogen (secondary N) is 1. The Morgan fingerprint density at radius 3 is 2.45 bits per heavy atom. The molecule has 0 fully saturated rings. The molecule has 0 aliphatic carbocycles. The van der Waals surface area contributed by atoms with Gasteiger partial charge in [-0.25, -0.2) is 0 Å². The Balaban J connectivity index is 2.75. The number of nitrogens with zero attached hydrogens (tertiary/aromatic N) is 1. The minimum Gasteiger partial charge on any atom is -0.354 e. The van der Waals surface area contributed by atoms with E-state index in [9.17, 15) is 4.79 Å². The molecule has 1 aromatic carbocycles. The predicted molar refractivity (Wildman–Crippen MR) is 83.7 cm³/mol. The van der Waals surface area contributed by atoms with Gasteiger partial charge in [0.25, 0.3) is 0 Å². The van der Waals surface area contributed by atoms with E-state index in [0.29, 0.717) is 11.6 Å². The molecule has 112 valence electrons. The fourth-order valence-corrected chi connectivity index (χ4v) is 2.17. The summed E-state index contributed by atoms with van der Waals surface area (Å²) in [6, 6.07) is 7.56. The highest BCUT2D eigenvalue weighted by Crippen LogP contribution is 2.25. The minimum atomic E-state index is -0.205. The average molecular weight is 298 g/mol. The van der Waals surface area contributed by atoms with Crippen molar-refractivity contribution in [1.29, 1.82) is 0 Å². The summed E-state index contributed by atoms with van der Waals surface area (Å²) in [5.41, 5.74) is 6.75. The number of hydrogen-bond donors (Lipinski definition) is 2. The van der Waals surface area contributed by atoms with Crippen LogP contribution in [0.25, 0.3) is 0 Å². The number of carbonyl (C=O) groups is 1. The highest BCUT2D eigenvalue weighted by molar-refractivity contribution is 6.31. The average Bonchev–Trinajstić information content (AvgIpc) is 2.39. The lowest BCUT2D eigenvalue weighted by molar-refractivity contribution is -0.125. The summed E-state index contributed by atoms with van der Waals surface area (Å²) < 4.78 is 0. The van der Waals surface area contributed by atoms with Crippen molar-refractivity contribution in [1.82, 2.24) is 10.2 Å². The van der Waals surface area contributed by atoms with Gasteiger partial charge in [0.2, 0.25) is 5.91 Å². The van der Waals surface area contributed by atoms with Crippen LogP contribution in [0.3, 0.4) is 0 Å². The van der Waals surface area contributed by atoms with E-state index < -0.39 is 0 Å². The third kappa shape index (κ3) is 4.47. The van der Waals surface area contributed by atoms with Crippen molar-refractivity contribution in [3.8, 4) is 0 Å². The van der Waals surface area contributed by atoms with Crippen LogP contribution in [-0.4, -0.2) is 37.5 Å². The van der Waals surface area contributed by atoms with Crippen molar-refractivity contribution in [3.05, 3.63) is 34.9 Å². The monoisotopic (exact) mass is 297 g/mol. The van der Waals surface area contributed by atoms with E-state index in [0.717, 1.165) is 5.56 Å². The highest BCUT2D eigenvalue weighted by Gasteiger charge is 2.21. The molecule has 0 radical (unpaired) electrons. The molecule has 0 bridgehead atoms. The van der Waals surface area contributed by atoms with E-state index in [4.69, 9.17) is 17.3 Å². The minimum absolute atomic E-state index is 0.0288. The lowest BCUT2D eigenvalue weighted by Gasteiger charge is -2.27. The second kappa shape index (κ2) is 7.62. The van der Waals surface area contributed by atoms with Crippen molar-refractivity contribution < 1.29 is 4.79 Å². The van der Waals surface area contributed by atoms with E-state index in [1.165, 1.54) is 0 Å². The molecule has 3 unspecified atom stereocenters. The normalized spacial score (nSPS) is 15.8. The Kier molecular flexibility index (Phi) is 6.46. The number of benzene rings is 1. The quantitative estimate of drug-likeness (QED) is 0.845. The van der Waals surface area contributed by atoms with Crippen molar-refractivity contribution in [2.45, 2.75) is 25.9 Å². The van der Waals surface area contributed by atoms with Crippen LogP contribution >= 0.6 is 11.6 Å². The summed E-state index contributed by atoms with van der Waals surface area (Å²) in [4.78, 5) is 14.0. The molecule has 3 atom stereocenters. The highest BCUT2D eigenvalue weighted by atomic mass is 35.5. The topological polar surface area (TPSA) is 58.4 Å². The van der Waals surface area contributed by atoms with Gasteiger partial charge in [-0.05, 0) is 32.6 Å². The van der Waals surface area contributed by atoms with Crippen molar-refractivity contribution >= 4 is 17.5 Å². The summed E-state index contributed by atoms with van der Waals surface area (Å²) in [5.74, 6) is -0.233. The molecule has 0 saturated heterocycles. The lowest BCUT2D eigenvalue weighted by atomic mass is 10.0. The third-order valence-electron chi connectivity index (χ3n) is 3.56. The first-order valence-electron chi connectivity index (χ1n) is 6.78. The number of halogens is 1. The molecule has 0 spiro atoms. The van der Waals surface area contributed by atoms with Gasteiger partial charge in [0.1, 0.15) is 0 Å². The Morgan fingerprint density at radius 1 is 1.35 bits per heavy atom. The maximum atomic E-state index is 12.0. The summed E-state index contributed by atoms with van der Waals surface area (Å²) >= 11 is 6.23. The van der Waals surface area contributed by atoms with Crippen LogP contribution in [0.4, 0.5) is 0 Å². The van der Waals surface area contributed by atoms with Gasteiger partial charge in [-0.3, -0.25) is 4.79 Å². The molecule has 4 nitrogen and oxygen atoms in total. The maximum Gasteiger partial charge on any atom is 0.224 e. The van der Waals surface area contributed by atoms with Gasteiger partial charge in [-0.1, -0.05) is 36.7 Å². The van der Waals surface area contributed by atoms with Gasteiger partial charge >= 0.3 is 0 Å². The number of hydrogen-bond acceptors (Lipinski definition) is 3. The summed E-state index contributed by atoms with van der Waals surface area (Å²) in [7, 11) is 3.93. The van der Waals surface area contributed by atoms with Crippen LogP contribution in [0.5, 0.6) is 0 Å². The second-order valence-electron chi connectivity index (χ2n) is 5.39. The van der Waals surface area contributed by atoms with Gasteiger partial charge in [0, 0.05) is 23.5 Å². The third-order valence-corrected chi connectivity index (χ3v) is 3.90. The van der Waals surface area contributed by atoms with Crippen LogP contribution in [-0.2, 0) is 4.79 Å². The predicted octanol–water partition coefficient (Wildman–Crippen LogP) is 2.04. The molecule has 0 aromatic heterocycles. The van der Waals surface area contributed by atoms with E-state index in [2.05, 4.69) is 5.32 Å². The molecule has 1 aromatic rings. The van der Waals surface area contributed by atoms with Crippen LogP contribution in [0.1, 0.15) is 25.5 Å². The number of nitrogens with two attached hydrogens (primary N) is 1. The van der Waals surface area contributed by atoms with Crippen molar-refractivity contribution in [3.63, 3.8) is 0 Å². The Labute approximate surface area is 126 Å². The number of likely N-dealkylation sites (N-methyl/N-ethyl adjacent to an activating group) is 1. The molecule has 0 aliphatic rings. The second-order valence-corrected chi connectivity index (χ2v) is 5.80. The maximum absolute atomic E-state index is 12.0. The Hall–Kier alpha value is -1.10. The first-order valence-corrected chi connectivity index (χ1v) is 7.16. The number of carbonyl (C=O) groups excluding carboxylic acids is 1. The van der Waals surface area contributed by atoms with Gasteiger partial charge in [-0.15, -0.1) is 0 Å². The molecule has 20 heavy (non-hydrogen) atoms. The van der Waals surface area contributed by atoms with Gasteiger partial charge in [-0.2, -0.15) is 0 Å². The van der Waals surface area contributed by atoms with E-state index in [-0.39, 0.29) is 23.9 Å². The van der Waals surface area contributed by atoms with Gasteiger partial charge in [0.05, 0.1) is 6.04 Å². The first kappa shape index (κ1) is 17.0. The molecule has 0 heterocycles. The first-order chi connectivity index (χ1) is 9.34. The molecule has 0 saturated carbocycles. The fraction of sp³-hybridized carbons (Fsp3) is 0.533. The molecular formula is C15H24ClN3O. The number of amides is 1. The molecule has 5 heteroatoms. The molecule has 1 amide bonds.